The third-order valence-electron chi connectivity index (χ3n) is 7.97. The van der Waals surface area contributed by atoms with Gasteiger partial charge in [-0.05, 0) is 43.5 Å². The molecule has 2 fully saturated rings. The molecule has 12 nitrogen and oxygen atoms in total. The third kappa shape index (κ3) is 5.68. The number of halogens is 4. The molecule has 0 aromatic carbocycles. The van der Waals surface area contributed by atoms with Crippen LogP contribution in [0.4, 0.5) is 23.4 Å². The van der Waals surface area contributed by atoms with Crippen molar-refractivity contribution in [1.29, 1.82) is 0 Å². The number of hydrogen-bond donors (Lipinski definition) is 3. The van der Waals surface area contributed by atoms with Crippen LogP contribution in [0.2, 0.25) is 0 Å². The van der Waals surface area contributed by atoms with E-state index in [2.05, 4.69) is 32.2 Å². The number of amides is 2. The van der Waals surface area contributed by atoms with Crippen LogP contribution in [0, 0.1) is 5.92 Å². The van der Waals surface area contributed by atoms with Crippen LogP contribution in [0.15, 0.2) is 24.7 Å². The fraction of sp³-hybridized carbons (Fsp3) is 0.519. The fourth-order valence-corrected chi connectivity index (χ4v) is 5.54. The highest BCUT2D eigenvalue weighted by Gasteiger charge is 2.58. The van der Waals surface area contributed by atoms with Gasteiger partial charge in [0.15, 0.2) is 5.82 Å². The normalized spacial score (nSPS) is 22.6. The van der Waals surface area contributed by atoms with Crippen molar-refractivity contribution in [2.45, 2.75) is 50.8 Å². The molecule has 0 bridgehead atoms. The Morgan fingerprint density at radius 1 is 1.21 bits per heavy atom. The molecule has 4 N–H and O–H groups in total. The second-order valence-electron chi connectivity index (χ2n) is 11.2. The quantitative estimate of drug-likeness (QED) is 0.341. The first-order chi connectivity index (χ1) is 20.2. The Morgan fingerprint density at radius 3 is 2.60 bits per heavy atom. The Bertz CT molecular complexity index is 1550. The molecule has 3 aromatic rings. The zero-order valence-corrected chi connectivity index (χ0v) is 23.7. The van der Waals surface area contributed by atoms with Gasteiger partial charge in [-0.2, -0.15) is 18.3 Å². The maximum Gasteiger partial charge on any atom is 0.426 e. The molecular formula is C27H32F4N8O4. The molecule has 1 unspecified atom stereocenters. The van der Waals surface area contributed by atoms with Gasteiger partial charge in [0.2, 0.25) is 11.5 Å². The average molecular weight is 609 g/mol. The van der Waals surface area contributed by atoms with Crippen molar-refractivity contribution in [2.24, 2.45) is 5.92 Å². The zero-order valence-electron chi connectivity index (χ0n) is 23.7. The topological polar surface area (TPSA) is 151 Å². The summed E-state index contributed by atoms with van der Waals surface area (Å²) in [5.41, 5.74) is 4.97. The van der Waals surface area contributed by atoms with Crippen molar-refractivity contribution in [3.63, 3.8) is 0 Å². The van der Waals surface area contributed by atoms with Crippen LogP contribution < -0.4 is 15.8 Å². The highest BCUT2D eigenvalue weighted by atomic mass is 19.4. The SMILES string of the molecule is COc1ncc(-c2cc(CN3CCC(C)C3)c3c(N)ncnn23)cc1C(=O)N[C@@H]1CN(C(=O)[C@@](C)(O)C(F)(F)F)C[C@@H]1F. The molecule has 232 valence electrons. The number of carbonyl (C=O) groups is 2. The second-order valence-corrected chi connectivity index (χ2v) is 11.2. The van der Waals surface area contributed by atoms with Crippen molar-refractivity contribution in [3.05, 3.63) is 35.8 Å². The lowest BCUT2D eigenvalue weighted by molar-refractivity contribution is -0.249. The number of likely N-dealkylation sites (tertiary alicyclic amines) is 2. The third-order valence-corrected chi connectivity index (χ3v) is 7.97. The van der Waals surface area contributed by atoms with Crippen LogP contribution in [-0.2, 0) is 11.3 Å². The number of carbonyl (C=O) groups excluding carboxylic acids is 2. The van der Waals surface area contributed by atoms with Crippen LogP contribution >= 0.6 is 0 Å². The molecular weight excluding hydrogens is 576 g/mol. The summed E-state index contributed by atoms with van der Waals surface area (Å²) < 4.78 is 61.2. The summed E-state index contributed by atoms with van der Waals surface area (Å²) in [4.78, 5) is 36.9. The van der Waals surface area contributed by atoms with E-state index in [0.29, 0.717) is 41.1 Å². The Morgan fingerprint density at radius 2 is 1.95 bits per heavy atom. The van der Waals surface area contributed by atoms with E-state index < -0.39 is 48.9 Å². The summed E-state index contributed by atoms with van der Waals surface area (Å²) in [5, 5.41) is 16.5. The van der Waals surface area contributed by atoms with Gasteiger partial charge >= 0.3 is 6.18 Å². The molecule has 5 heterocycles. The minimum atomic E-state index is -5.26. The lowest BCUT2D eigenvalue weighted by atomic mass is 10.1. The predicted octanol–water partition coefficient (Wildman–Crippen LogP) is 1.82. The van der Waals surface area contributed by atoms with Crippen LogP contribution in [0.25, 0.3) is 16.8 Å². The number of rotatable bonds is 7. The Kier molecular flexibility index (Phi) is 7.94. The molecule has 0 saturated carbocycles. The van der Waals surface area contributed by atoms with Crippen LogP contribution in [0.5, 0.6) is 5.88 Å². The zero-order chi connectivity index (χ0) is 31.3. The molecule has 5 rings (SSSR count). The standard InChI is InChI=1S/C27H32F4N8O4/c1-14-4-5-37(9-14)10-16-7-20(39-21(16)22(32)34-13-35-39)15-6-17(24(43-3)33-8-15)23(40)36-19-12-38(11-18(19)28)25(41)26(2,42)27(29,30)31/h6-8,13-14,18-19,42H,4-5,9-12H2,1-3H3,(H,36,40)(H2,32,34,35)/t14?,18-,19+,26+/m0/s1. The molecule has 16 heteroatoms. The number of ether oxygens (including phenoxy) is 1. The van der Waals surface area contributed by atoms with Crippen molar-refractivity contribution >= 4 is 23.1 Å². The van der Waals surface area contributed by atoms with Gasteiger partial charge in [-0.3, -0.25) is 14.5 Å². The van der Waals surface area contributed by atoms with Gasteiger partial charge in [-0.15, -0.1) is 0 Å². The maximum absolute atomic E-state index is 14.8. The first-order valence-corrected chi connectivity index (χ1v) is 13.6. The number of nitrogen functional groups attached to an aromatic ring is 1. The fourth-order valence-electron chi connectivity index (χ4n) is 5.54. The number of aliphatic hydroxyl groups is 1. The van der Waals surface area contributed by atoms with Crippen LogP contribution in [0.1, 0.15) is 36.2 Å². The summed E-state index contributed by atoms with van der Waals surface area (Å²) in [6.07, 6.45) is -3.28. The largest absolute Gasteiger partial charge is 0.480 e. The molecule has 0 radical (unpaired) electrons. The molecule has 43 heavy (non-hydrogen) atoms. The van der Waals surface area contributed by atoms with Crippen molar-refractivity contribution < 1.29 is 37.0 Å². The van der Waals surface area contributed by atoms with Crippen LogP contribution in [0.3, 0.4) is 0 Å². The number of aromatic nitrogens is 4. The number of nitrogens with two attached hydrogens (primary N) is 1. The van der Waals surface area contributed by atoms with E-state index in [0.717, 1.165) is 25.1 Å². The first kappa shape index (κ1) is 30.4. The second kappa shape index (κ2) is 11.2. The lowest BCUT2D eigenvalue weighted by Crippen LogP contribution is -2.56. The summed E-state index contributed by atoms with van der Waals surface area (Å²) in [7, 11) is 1.29. The first-order valence-electron chi connectivity index (χ1n) is 13.6. The summed E-state index contributed by atoms with van der Waals surface area (Å²) in [6, 6.07) is 2.02. The van der Waals surface area contributed by atoms with E-state index in [9.17, 15) is 32.3 Å². The number of pyridine rings is 1. The van der Waals surface area contributed by atoms with Crippen molar-refractivity contribution in [3.8, 4) is 17.1 Å². The maximum atomic E-state index is 14.8. The monoisotopic (exact) mass is 608 g/mol. The van der Waals surface area contributed by atoms with E-state index in [4.69, 9.17) is 10.5 Å². The number of nitrogens with zero attached hydrogens (tertiary/aromatic N) is 6. The Hall–Kier alpha value is -4.05. The van der Waals surface area contributed by atoms with Gasteiger partial charge in [0.25, 0.3) is 11.8 Å². The predicted molar refractivity (Wildman–Crippen MR) is 146 cm³/mol. The molecule has 2 aliphatic rings. The summed E-state index contributed by atoms with van der Waals surface area (Å²) in [5.74, 6) is -1.76. The molecule has 0 spiro atoms. The molecule has 0 aliphatic carbocycles. The van der Waals surface area contributed by atoms with Crippen LogP contribution in [-0.4, -0.2) is 104 Å². The number of methoxy groups -OCH3 is 1. The summed E-state index contributed by atoms with van der Waals surface area (Å²) >= 11 is 0. The van der Waals surface area contributed by atoms with Gasteiger partial charge in [0, 0.05) is 31.4 Å². The van der Waals surface area contributed by atoms with Gasteiger partial charge < -0.3 is 25.8 Å². The highest BCUT2D eigenvalue weighted by molar-refractivity contribution is 5.98. The highest BCUT2D eigenvalue weighted by Crippen LogP contribution is 2.34. The van der Waals surface area contributed by atoms with E-state index in [1.54, 1.807) is 4.52 Å². The molecule has 2 aliphatic heterocycles. The lowest BCUT2D eigenvalue weighted by Gasteiger charge is -2.29. The van der Waals surface area contributed by atoms with E-state index in [1.165, 1.54) is 25.7 Å². The average Bonchev–Trinajstić information content (AvgIpc) is 3.64. The smallest absolute Gasteiger partial charge is 0.426 e. The number of nitrogens with one attached hydrogen (secondary N) is 1. The van der Waals surface area contributed by atoms with Gasteiger partial charge in [0.05, 0.1) is 25.4 Å². The summed E-state index contributed by atoms with van der Waals surface area (Å²) in [6.45, 7) is 3.66. The van der Waals surface area contributed by atoms with E-state index in [-0.39, 0.29) is 17.3 Å². The van der Waals surface area contributed by atoms with E-state index in [1.807, 2.05) is 6.07 Å². The molecule has 2 saturated heterocycles. The molecule has 4 atom stereocenters. The van der Waals surface area contributed by atoms with Crippen molar-refractivity contribution in [1.82, 2.24) is 34.7 Å². The number of alkyl halides is 4. The van der Waals surface area contributed by atoms with Crippen molar-refractivity contribution in [2.75, 3.05) is 39.0 Å². The van der Waals surface area contributed by atoms with Gasteiger partial charge in [-0.1, -0.05) is 6.92 Å². The molecule has 2 amide bonds. The number of anilines is 1. The minimum absolute atomic E-state index is 0.0776. The minimum Gasteiger partial charge on any atom is -0.480 e. The van der Waals surface area contributed by atoms with Gasteiger partial charge in [0.1, 0.15) is 23.6 Å². The van der Waals surface area contributed by atoms with E-state index >= 15 is 0 Å². The van der Waals surface area contributed by atoms with Gasteiger partial charge in [-0.25, -0.2) is 18.9 Å². The Balaban J connectivity index is 1.41. The molecule has 3 aromatic heterocycles. The Labute approximate surface area is 243 Å². The number of fused-ring (bicyclic) bond motifs is 1. The number of hydrogen-bond acceptors (Lipinski definition) is 9.